The fourth-order valence-electron chi connectivity index (χ4n) is 2.75. The van der Waals surface area contributed by atoms with Crippen molar-refractivity contribution in [1.29, 1.82) is 0 Å². The van der Waals surface area contributed by atoms with Gasteiger partial charge >= 0.3 is 6.09 Å². The third-order valence-electron chi connectivity index (χ3n) is 3.78. The third-order valence-corrected chi connectivity index (χ3v) is 3.78. The number of nitrogens with one attached hydrogen (secondary N) is 1. The monoisotopic (exact) mass is 334 g/mol. The Morgan fingerprint density at radius 3 is 2.83 bits per heavy atom. The molecule has 1 aromatic rings. The van der Waals surface area contributed by atoms with E-state index in [1.165, 1.54) is 0 Å². The zero-order chi connectivity index (χ0) is 17.9. The average molecular weight is 334 g/mol. The molecule has 1 saturated heterocycles. The van der Waals surface area contributed by atoms with Crippen molar-refractivity contribution in [1.82, 2.24) is 20.0 Å². The maximum atomic E-state index is 12.8. The lowest BCUT2D eigenvalue weighted by molar-refractivity contribution is 0.0502. The minimum atomic E-state index is -0.535. The molecule has 2 amide bonds. The number of aryl methyl sites for hydroxylation is 1. The van der Waals surface area contributed by atoms with Crippen LogP contribution in [0.15, 0.2) is 18.9 Å². The fourth-order valence-corrected chi connectivity index (χ4v) is 2.75. The summed E-state index contributed by atoms with van der Waals surface area (Å²) in [5, 5.41) is 6.99. The fraction of sp³-hybridized carbons (Fsp3) is 0.588. The minimum absolute atomic E-state index is 0.0691. The number of likely N-dealkylation sites (tertiary alicyclic amines) is 1. The summed E-state index contributed by atoms with van der Waals surface area (Å²) in [4.78, 5) is 26.4. The lowest BCUT2D eigenvalue weighted by Crippen LogP contribution is -2.41. The number of alkyl carbamates (subject to hydrolysis) is 1. The molecule has 0 radical (unpaired) electrons. The lowest BCUT2D eigenvalue weighted by Gasteiger charge is -2.22. The highest BCUT2D eigenvalue weighted by atomic mass is 16.6. The number of hydrogen-bond acceptors (Lipinski definition) is 4. The molecule has 1 N–H and O–H groups in total. The van der Waals surface area contributed by atoms with E-state index >= 15 is 0 Å². The molecule has 0 aliphatic carbocycles. The van der Waals surface area contributed by atoms with Gasteiger partial charge in [-0.3, -0.25) is 9.48 Å². The summed E-state index contributed by atoms with van der Waals surface area (Å²) in [5.41, 5.74) is 0.904. The Morgan fingerprint density at radius 2 is 2.21 bits per heavy atom. The summed E-state index contributed by atoms with van der Waals surface area (Å²) in [6, 6.07) is -0.0973. The maximum Gasteiger partial charge on any atom is 0.407 e. The van der Waals surface area contributed by atoms with Gasteiger partial charge in [-0.15, -0.1) is 6.58 Å². The number of allylic oxidation sites excluding steroid dienone is 1. The van der Waals surface area contributed by atoms with Gasteiger partial charge in [-0.1, -0.05) is 6.08 Å². The van der Waals surface area contributed by atoms with Crippen molar-refractivity contribution < 1.29 is 14.3 Å². The van der Waals surface area contributed by atoms with E-state index in [-0.39, 0.29) is 11.9 Å². The summed E-state index contributed by atoms with van der Waals surface area (Å²) in [7, 11) is 1.76. The van der Waals surface area contributed by atoms with Crippen molar-refractivity contribution in [3.63, 3.8) is 0 Å². The number of carbonyl (C=O) groups excluding carboxylic acids is 2. The molecule has 1 fully saturated rings. The second-order valence-electron chi connectivity index (χ2n) is 7.02. The van der Waals surface area contributed by atoms with Crippen LogP contribution in [0, 0.1) is 0 Å². The van der Waals surface area contributed by atoms with E-state index < -0.39 is 11.7 Å². The molecule has 1 aliphatic heterocycles. The van der Waals surface area contributed by atoms with Gasteiger partial charge in [0.2, 0.25) is 0 Å². The molecule has 2 heterocycles. The van der Waals surface area contributed by atoms with E-state index in [1.807, 2.05) is 20.8 Å². The van der Waals surface area contributed by atoms with Gasteiger partial charge in [0.05, 0.1) is 12.2 Å². The molecule has 0 saturated carbocycles. The van der Waals surface area contributed by atoms with Gasteiger partial charge in [0.1, 0.15) is 11.3 Å². The zero-order valence-electron chi connectivity index (χ0n) is 14.8. The second kappa shape index (κ2) is 7.07. The molecule has 0 aromatic carbocycles. The van der Waals surface area contributed by atoms with E-state index in [9.17, 15) is 9.59 Å². The van der Waals surface area contributed by atoms with E-state index in [1.54, 1.807) is 28.9 Å². The summed E-state index contributed by atoms with van der Waals surface area (Å²) < 4.78 is 6.85. The minimum Gasteiger partial charge on any atom is -0.444 e. The van der Waals surface area contributed by atoms with Crippen molar-refractivity contribution in [2.24, 2.45) is 7.05 Å². The van der Waals surface area contributed by atoms with E-state index in [0.29, 0.717) is 31.6 Å². The maximum absolute atomic E-state index is 12.8. The first-order valence-corrected chi connectivity index (χ1v) is 8.12. The molecule has 0 bridgehead atoms. The van der Waals surface area contributed by atoms with Gasteiger partial charge < -0.3 is 15.0 Å². The first kappa shape index (κ1) is 18.0. The van der Waals surface area contributed by atoms with Crippen LogP contribution in [0.4, 0.5) is 4.79 Å². The number of hydrogen-bond donors (Lipinski definition) is 1. The van der Waals surface area contributed by atoms with Crippen LogP contribution in [0.25, 0.3) is 0 Å². The molecule has 1 aromatic heterocycles. The Morgan fingerprint density at radius 1 is 1.50 bits per heavy atom. The van der Waals surface area contributed by atoms with Crippen LogP contribution in [-0.2, 0) is 18.2 Å². The second-order valence-corrected chi connectivity index (χ2v) is 7.02. The van der Waals surface area contributed by atoms with E-state index in [0.717, 1.165) is 5.56 Å². The van der Waals surface area contributed by atoms with Crippen LogP contribution in [0.2, 0.25) is 0 Å². The van der Waals surface area contributed by atoms with Crippen LogP contribution >= 0.6 is 0 Å². The highest BCUT2D eigenvalue weighted by Gasteiger charge is 2.31. The highest BCUT2D eigenvalue weighted by Crippen LogP contribution is 2.17. The molecular formula is C17H26N4O3. The van der Waals surface area contributed by atoms with Crippen molar-refractivity contribution in [2.45, 2.75) is 45.3 Å². The molecule has 1 unspecified atom stereocenters. The molecule has 0 spiro atoms. The normalized spacial score (nSPS) is 17.7. The van der Waals surface area contributed by atoms with Crippen LogP contribution in [0.1, 0.15) is 43.2 Å². The van der Waals surface area contributed by atoms with Gasteiger partial charge in [-0.05, 0) is 33.6 Å². The topological polar surface area (TPSA) is 76.5 Å². The van der Waals surface area contributed by atoms with Crippen LogP contribution < -0.4 is 5.32 Å². The SMILES string of the molecule is C=CCc1cnn(C)c1C(=O)N1CCC(NC(=O)OC(C)(C)C)C1. The Hall–Kier alpha value is -2.31. The van der Waals surface area contributed by atoms with E-state index in [2.05, 4.69) is 17.0 Å². The molecule has 1 aliphatic rings. The van der Waals surface area contributed by atoms with Gasteiger partial charge in [-0.25, -0.2) is 4.79 Å². The summed E-state index contributed by atoms with van der Waals surface area (Å²) in [6.45, 7) is 10.2. The zero-order valence-corrected chi connectivity index (χ0v) is 14.8. The molecule has 1 atom stereocenters. The molecule has 24 heavy (non-hydrogen) atoms. The van der Waals surface area contributed by atoms with Gasteiger partial charge in [0.25, 0.3) is 5.91 Å². The standard InChI is InChI=1S/C17H26N4O3/c1-6-7-12-10-18-20(5)14(12)15(22)21-9-8-13(11-21)19-16(23)24-17(2,3)4/h6,10,13H,1,7-9,11H2,2-5H3,(H,19,23). The molecule has 132 valence electrons. The molecular weight excluding hydrogens is 308 g/mol. The Bertz CT molecular complexity index is 630. The van der Waals surface area contributed by atoms with Gasteiger partial charge in [-0.2, -0.15) is 5.10 Å². The highest BCUT2D eigenvalue weighted by molar-refractivity contribution is 5.94. The number of amides is 2. The number of ether oxygens (including phenoxy) is 1. The third kappa shape index (κ3) is 4.37. The Kier molecular flexibility index (Phi) is 5.31. The first-order chi connectivity index (χ1) is 11.2. The van der Waals surface area contributed by atoms with Crippen molar-refractivity contribution in [3.05, 3.63) is 30.1 Å². The molecule has 2 rings (SSSR count). The predicted octanol–water partition coefficient (Wildman–Crippen LogP) is 1.89. The van der Waals surface area contributed by atoms with E-state index in [4.69, 9.17) is 4.74 Å². The number of aromatic nitrogens is 2. The van der Waals surface area contributed by atoms with Gasteiger partial charge in [0.15, 0.2) is 0 Å². The Balaban J connectivity index is 1.98. The van der Waals surface area contributed by atoms with Crippen LogP contribution in [0.5, 0.6) is 0 Å². The summed E-state index contributed by atoms with van der Waals surface area (Å²) in [5.74, 6) is -0.0691. The number of nitrogens with zero attached hydrogens (tertiary/aromatic N) is 3. The largest absolute Gasteiger partial charge is 0.444 e. The molecule has 7 heteroatoms. The van der Waals surface area contributed by atoms with Crippen molar-refractivity contribution in [3.8, 4) is 0 Å². The number of rotatable bonds is 4. The quantitative estimate of drug-likeness (QED) is 0.853. The first-order valence-electron chi connectivity index (χ1n) is 8.12. The van der Waals surface area contributed by atoms with Gasteiger partial charge in [0, 0.05) is 25.7 Å². The van der Waals surface area contributed by atoms with Crippen LogP contribution in [-0.4, -0.2) is 51.4 Å². The van der Waals surface area contributed by atoms with Crippen molar-refractivity contribution >= 4 is 12.0 Å². The molecule has 7 nitrogen and oxygen atoms in total. The Labute approximate surface area is 142 Å². The van der Waals surface area contributed by atoms with Crippen molar-refractivity contribution in [2.75, 3.05) is 13.1 Å². The lowest BCUT2D eigenvalue weighted by atomic mass is 10.1. The summed E-state index contributed by atoms with van der Waals surface area (Å²) >= 11 is 0. The van der Waals surface area contributed by atoms with Crippen LogP contribution in [0.3, 0.4) is 0 Å². The average Bonchev–Trinajstić information content (AvgIpc) is 3.04. The summed E-state index contributed by atoms with van der Waals surface area (Å²) in [6.07, 6.45) is 4.31. The number of carbonyl (C=O) groups is 2. The predicted molar refractivity (Wildman–Crippen MR) is 90.8 cm³/mol. The smallest absolute Gasteiger partial charge is 0.407 e.